The summed E-state index contributed by atoms with van der Waals surface area (Å²) in [4.78, 5) is 23.1. The molecule has 2 rings (SSSR count). The molecule has 0 unspecified atom stereocenters. The van der Waals surface area contributed by atoms with Gasteiger partial charge in [-0.3, -0.25) is 14.9 Å². The second-order valence-corrected chi connectivity index (χ2v) is 7.19. The number of nitrogens with one attached hydrogen (secondary N) is 1. The molecule has 114 valence electrons. The normalized spacial score (nSPS) is 19.4. The van der Waals surface area contributed by atoms with Crippen molar-refractivity contribution >= 4 is 21.8 Å². The van der Waals surface area contributed by atoms with Crippen LogP contribution in [0.4, 0.5) is 4.39 Å². The van der Waals surface area contributed by atoms with E-state index in [-0.39, 0.29) is 4.90 Å². The molecule has 1 aliphatic heterocycles. The molecular weight excluding hydrogens is 299 g/mol. The molecular formula is C13H15FN2O4S. The standard InChI is InChI=1S/C13H15FN2O4S/c1-8-4-5-9(14)6-10(8)21(19,20)16-7-11(17)15-12(18)13(16,2)3/h4-6H,7H2,1-3H3,(H,15,17,18). The van der Waals surface area contributed by atoms with Crippen LogP contribution in [0.15, 0.2) is 23.1 Å². The van der Waals surface area contributed by atoms with Crippen LogP contribution in [0.5, 0.6) is 0 Å². The number of benzene rings is 1. The number of carbonyl (C=O) groups excluding carboxylic acids is 2. The Hall–Kier alpha value is -1.80. The Kier molecular flexibility index (Phi) is 3.63. The quantitative estimate of drug-likeness (QED) is 0.809. The van der Waals surface area contributed by atoms with Gasteiger partial charge in [-0.15, -0.1) is 0 Å². The van der Waals surface area contributed by atoms with Crippen molar-refractivity contribution in [3.63, 3.8) is 0 Å². The van der Waals surface area contributed by atoms with E-state index >= 15 is 0 Å². The molecule has 0 saturated carbocycles. The summed E-state index contributed by atoms with van der Waals surface area (Å²) in [6.45, 7) is 3.81. The highest BCUT2D eigenvalue weighted by Crippen LogP contribution is 2.29. The molecule has 0 aliphatic carbocycles. The van der Waals surface area contributed by atoms with Gasteiger partial charge in [0, 0.05) is 0 Å². The fraction of sp³-hybridized carbons (Fsp3) is 0.385. The molecule has 0 radical (unpaired) electrons. The predicted octanol–water partition coefficient (Wildman–Crippen LogP) is 0.560. The summed E-state index contributed by atoms with van der Waals surface area (Å²) in [5, 5.41) is 2.09. The maximum absolute atomic E-state index is 13.4. The van der Waals surface area contributed by atoms with Crippen LogP contribution in [-0.2, 0) is 19.6 Å². The molecule has 0 atom stereocenters. The molecule has 0 spiro atoms. The van der Waals surface area contributed by atoms with Gasteiger partial charge in [0.15, 0.2) is 0 Å². The van der Waals surface area contributed by atoms with E-state index in [1.54, 1.807) is 0 Å². The number of hydrogen-bond donors (Lipinski definition) is 1. The van der Waals surface area contributed by atoms with E-state index in [0.29, 0.717) is 5.56 Å². The molecule has 1 N–H and O–H groups in total. The van der Waals surface area contributed by atoms with E-state index < -0.39 is 39.7 Å². The van der Waals surface area contributed by atoms with Crippen molar-refractivity contribution in [2.24, 2.45) is 0 Å². The van der Waals surface area contributed by atoms with Crippen molar-refractivity contribution < 1.29 is 22.4 Å². The molecule has 0 aromatic heterocycles. The highest BCUT2D eigenvalue weighted by atomic mass is 32.2. The van der Waals surface area contributed by atoms with Crippen molar-refractivity contribution in [3.05, 3.63) is 29.6 Å². The number of nitrogens with zero attached hydrogens (tertiary/aromatic N) is 1. The highest BCUT2D eigenvalue weighted by Gasteiger charge is 2.47. The number of carbonyl (C=O) groups is 2. The van der Waals surface area contributed by atoms with Crippen molar-refractivity contribution in [2.45, 2.75) is 31.2 Å². The lowest BCUT2D eigenvalue weighted by Crippen LogP contribution is -2.65. The molecule has 1 aromatic rings. The van der Waals surface area contributed by atoms with Crippen LogP contribution >= 0.6 is 0 Å². The zero-order valence-electron chi connectivity index (χ0n) is 11.8. The van der Waals surface area contributed by atoms with E-state index in [2.05, 4.69) is 5.32 Å². The number of hydrogen-bond acceptors (Lipinski definition) is 4. The van der Waals surface area contributed by atoms with E-state index in [1.165, 1.54) is 26.8 Å². The summed E-state index contributed by atoms with van der Waals surface area (Å²) in [6, 6.07) is 3.37. The van der Waals surface area contributed by atoms with Crippen LogP contribution in [0, 0.1) is 12.7 Å². The van der Waals surface area contributed by atoms with E-state index in [9.17, 15) is 22.4 Å². The molecule has 0 bridgehead atoms. The van der Waals surface area contributed by atoms with Crippen molar-refractivity contribution in [1.29, 1.82) is 0 Å². The topological polar surface area (TPSA) is 83.6 Å². The summed E-state index contributed by atoms with van der Waals surface area (Å²) >= 11 is 0. The minimum absolute atomic E-state index is 0.252. The first-order valence-electron chi connectivity index (χ1n) is 6.20. The monoisotopic (exact) mass is 314 g/mol. The average molecular weight is 314 g/mol. The van der Waals surface area contributed by atoms with Crippen LogP contribution in [-0.4, -0.2) is 36.6 Å². The van der Waals surface area contributed by atoms with Gasteiger partial charge in [-0.05, 0) is 38.5 Å². The summed E-state index contributed by atoms with van der Waals surface area (Å²) in [5.41, 5.74) is -1.10. The molecule has 21 heavy (non-hydrogen) atoms. The molecule has 1 aliphatic rings. The number of rotatable bonds is 2. The van der Waals surface area contributed by atoms with Crippen molar-refractivity contribution in [2.75, 3.05) is 6.54 Å². The Labute approximate surface area is 122 Å². The lowest BCUT2D eigenvalue weighted by Gasteiger charge is -2.39. The third kappa shape index (κ3) is 2.56. The fourth-order valence-corrected chi connectivity index (χ4v) is 4.06. The number of imide groups is 1. The number of sulfonamides is 1. The number of halogens is 1. The van der Waals surface area contributed by atoms with Crippen LogP contribution in [0.2, 0.25) is 0 Å². The fourth-order valence-electron chi connectivity index (χ4n) is 2.12. The Morgan fingerprint density at radius 3 is 2.52 bits per heavy atom. The smallest absolute Gasteiger partial charge is 0.247 e. The number of amides is 2. The molecule has 8 heteroatoms. The third-order valence-electron chi connectivity index (χ3n) is 3.44. The van der Waals surface area contributed by atoms with Gasteiger partial charge in [0.25, 0.3) is 0 Å². The van der Waals surface area contributed by atoms with Crippen LogP contribution < -0.4 is 5.32 Å². The Morgan fingerprint density at radius 2 is 1.90 bits per heavy atom. The first-order valence-corrected chi connectivity index (χ1v) is 7.64. The minimum atomic E-state index is -4.18. The summed E-state index contributed by atoms with van der Waals surface area (Å²) < 4.78 is 39.5. The van der Waals surface area contributed by atoms with E-state index in [4.69, 9.17) is 0 Å². The second-order valence-electron chi connectivity index (χ2n) is 5.36. The van der Waals surface area contributed by atoms with E-state index in [1.807, 2.05) is 0 Å². The summed E-state index contributed by atoms with van der Waals surface area (Å²) in [7, 11) is -4.18. The van der Waals surface area contributed by atoms with Gasteiger partial charge in [-0.1, -0.05) is 6.07 Å². The average Bonchev–Trinajstić information content (AvgIpc) is 2.36. The maximum Gasteiger partial charge on any atom is 0.247 e. The van der Waals surface area contributed by atoms with Gasteiger partial charge < -0.3 is 0 Å². The highest BCUT2D eigenvalue weighted by molar-refractivity contribution is 7.89. The number of aryl methyl sites for hydroxylation is 1. The Morgan fingerprint density at radius 1 is 1.29 bits per heavy atom. The van der Waals surface area contributed by atoms with E-state index in [0.717, 1.165) is 16.4 Å². The van der Waals surface area contributed by atoms with Gasteiger partial charge in [-0.2, -0.15) is 4.31 Å². The van der Waals surface area contributed by atoms with Gasteiger partial charge in [0.05, 0.1) is 11.4 Å². The van der Waals surface area contributed by atoms with Crippen molar-refractivity contribution in [3.8, 4) is 0 Å². The van der Waals surface area contributed by atoms with Crippen LogP contribution in [0.1, 0.15) is 19.4 Å². The summed E-state index contributed by atoms with van der Waals surface area (Å²) in [5.74, 6) is -2.13. The second kappa shape index (κ2) is 4.88. The summed E-state index contributed by atoms with van der Waals surface area (Å²) in [6.07, 6.45) is 0. The lowest BCUT2D eigenvalue weighted by molar-refractivity contribution is -0.141. The molecule has 1 fully saturated rings. The molecule has 1 saturated heterocycles. The molecule has 2 amide bonds. The predicted molar refractivity (Wildman–Crippen MR) is 72.3 cm³/mol. The Bertz CT molecular complexity index is 728. The molecule has 1 aromatic carbocycles. The SMILES string of the molecule is Cc1ccc(F)cc1S(=O)(=O)N1CC(=O)NC(=O)C1(C)C. The first kappa shape index (κ1) is 15.6. The van der Waals surface area contributed by atoms with Gasteiger partial charge >= 0.3 is 0 Å². The zero-order chi connectivity index (χ0) is 16.0. The zero-order valence-corrected chi connectivity index (χ0v) is 12.6. The van der Waals surface area contributed by atoms with Gasteiger partial charge in [0.1, 0.15) is 11.4 Å². The number of piperazine rings is 1. The third-order valence-corrected chi connectivity index (χ3v) is 5.60. The Balaban J connectivity index is 2.59. The van der Waals surface area contributed by atoms with Gasteiger partial charge in [-0.25, -0.2) is 12.8 Å². The van der Waals surface area contributed by atoms with Crippen molar-refractivity contribution in [1.82, 2.24) is 9.62 Å². The largest absolute Gasteiger partial charge is 0.294 e. The lowest BCUT2D eigenvalue weighted by atomic mass is 10.0. The van der Waals surface area contributed by atoms with Crippen LogP contribution in [0.3, 0.4) is 0 Å². The van der Waals surface area contributed by atoms with Gasteiger partial charge in [0.2, 0.25) is 21.8 Å². The first-order chi connectivity index (χ1) is 9.56. The van der Waals surface area contributed by atoms with Crippen LogP contribution in [0.25, 0.3) is 0 Å². The minimum Gasteiger partial charge on any atom is -0.294 e. The molecule has 6 nitrogen and oxygen atoms in total. The maximum atomic E-state index is 13.4. The molecule has 1 heterocycles.